The predicted molar refractivity (Wildman–Crippen MR) is 99.5 cm³/mol. The summed E-state index contributed by atoms with van der Waals surface area (Å²) in [5, 5.41) is 0. The number of allylic oxidation sites excluding steroid dienone is 1. The van der Waals surface area contributed by atoms with Gasteiger partial charge in [0.15, 0.2) is 11.5 Å². The van der Waals surface area contributed by atoms with E-state index in [2.05, 4.69) is 30.1 Å². The minimum absolute atomic E-state index is 0.438. The van der Waals surface area contributed by atoms with E-state index in [1.165, 1.54) is 0 Å². The zero-order chi connectivity index (χ0) is 17.2. The van der Waals surface area contributed by atoms with E-state index in [0.717, 1.165) is 22.6 Å². The van der Waals surface area contributed by atoms with E-state index in [9.17, 15) is 0 Å². The molecule has 0 atom stereocenters. The first kappa shape index (κ1) is 17.6. The molecule has 2 N–H and O–H groups in total. The minimum atomic E-state index is 0.438. The Morgan fingerprint density at radius 3 is 2.54 bits per heavy atom. The molecule has 0 aliphatic heterocycles. The van der Waals surface area contributed by atoms with Gasteiger partial charge in [0.05, 0.1) is 7.11 Å². The van der Waals surface area contributed by atoms with Crippen LogP contribution in [0.2, 0.25) is 0 Å². The van der Waals surface area contributed by atoms with Gasteiger partial charge < -0.3 is 14.9 Å². The van der Waals surface area contributed by atoms with Crippen LogP contribution in [0.15, 0.2) is 67.8 Å². The number of methoxy groups -OCH3 is 1. The van der Waals surface area contributed by atoms with Crippen molar-refractivity contribution in [3.8, 4) is 11.5 Å². The van der Waals surface area contributed by atoms with Crippen LogP contribution in [-0.4, -0.2) is 13.7 Å². The molecule has 0 saturated heterocycles. The summed E-state index contributed by atoms with van der Waals surface area (Å²) in [5.74, 6) is 1.46. The topological polar surface area (TPSA) is 42.5 Å². The lowest BCUT2D eigenvalue weighted by atomic mass is 10.1. The standard InChI is InChI=1S/C20H24N2O2/c1-4-9-17-13-16(14-19(23-3)20(17)24-12-5-2)15-21-22-18-10-7-6-8-11-18/h4-8,10-11,13-14,21-22H,1-2,9,12,15H2,3H3. The van der Waals surface area contributed by atoms with Gasteiger partial charge in [0.1, 0.15) is 6.61 Å². The van der Waals surface area contributed by atoms with Gasteiger partial charge in [0.25, 0.3) is 0 Å². The Kier molecular flexibility index (Phi) is 6.92. The van der Waals surface area contributed by atoms with Crippen LogP contribution in [0.25, 0.3) is 0 Å². The van der Waals surface area contributed by atoms with E-state index in [4.69, 9.17) is 9.47 Å². The van der Waals surface area contributed by atoms with E-state index in [0.29, 0.717) is 25.3 Å². The first-order valence-corrected chi connectivity index (χ1v) is 7.86. The van der Waals surface area contributed by atoms with E-state index in [1.807, 2.05) is 42.5 Å². The van der Waals surface area contributed by atoms with Gasteiger partial charge in [-0.15, -0.1) is 6.58 Å². The predicted octanol–water partition coefficient (Wildman–Crippen LogP) is 4.11. The molecule has 0 aliphatic carbocycles. The fourth-order valence-corrected chi connectivity index (χ4v) is 2.36. The van der Waals surface area contributed by atoms with Crippen LogP contribution in [0.1, 0.15) is 11.1 Å². The van der Waals surface area contributed by atoms with E-state index < -0.39 is 0 Å². The van der Waals surface area contributed by atoms with Gasteiger partial charge in [0.2, 0.25) is 0 Å². The fraction of sp³-hybridized carbons (Fsp3) is 0.200. The Morgan fingerprint density at radius 2 is 1.88 bits per heavy atom. The average molecular weight is 324 g/mol. The second-order valence-electron chi connectivity index (χ2n) is 5.22. The van der Waals surface area contributed by atoms with Crippen LogP contribution < -0.4 is 20.3 Å². The van der Waals surface area contributed by atoms with Crippen molar-refractivity contribution in [2.75, 3.05) is 19.1 Å². The molecular weight excluding hydrogens is 300 g/mol. The SMILES string of the molecule is C=CCOc1c(CC=C)cc(CNNc2ccccc2)cc1OC. The monoisotopic (exact) mass is 324 g/mol. The molecule has 0 fully saturated rings. The lowest BCUT2D eigenvalue weighted by Crippen LogP contribution is -2.21. The highest BCUT2D eigenvalue weighted by Gasteiger charge is 2.12. The van der Waals surface area contributed by atoms with Crippen molar-refractivity contribution in [3.05, 3.63) is 78.9 Å². The van der Waals surface area contributed by atoms with E-state index in [-0.39, 0.29) is 0 Å². The van der Waals surface area contributed by atoms with Gasteiger partial charge in [0, 0.05) is 17.8 Å². The molecule has 0 bridgehead atoms. The Balaban J connectivity index is 2.12. The molecule has 24 heavy (non-hydrogen) atoms. The molecule has 4 nitrogen and oxygen atoms in total. The number of hydrazine groups is 1. The summed E-state index contributed by atoms with van der Waals surface area (Å²) in [6, 6.07) is 14.0. The van der Waals surface area contributed by atoms with Gasteiger partial charge in [-0.3, -0.25) is 0 Å². The number of ether oxygens (including phenoxy) is 2. The van der Waals surface area contributed by atoms with Crippen LogP contribution in [0.4, 0.5) is 5.69 Å². The molecule has 0 spiro atoms. The summed E-state index contributed by atoms with van der Waals surface area (Å²) in [6.45, 7) is 8.60. The molecular formula is C20H24N2O2. The number of rotatable bonds is 10. The minimum Gasteiger partial charge on any atom is -0.493 e. The van der Waals surface area contributed by atoms with Crippen molar-refractivity contribution in [3.63, 3.8) is 0 Å². The first-order chi connectivity index (χ1) is 11.8. The van der Waals surface area contributed by atoms with Crippen molar-refractivity contribution in [2.24, 2.45) is 0 Å². The van der Waals surface area contributed by atoms with Gasteiger partial charge in [-0.2, -0.15) is 0 Å². The summed E-state index contributed by atoms with van der Waals surface area (Å²) in [4.78, 5) is 0. The second-order valence-corrected chi connectivity index (χ2v) is 5.22. The molecule has 2 rings (SSSR count). The number of para-hydroxylation sites is 1. The molecule has 0 aliphatic rings. The quantitative estimate of drug-likeness (QED) is 0.510. The van der Waals surface area contributed by atoms with Crippen molar-refractivity contribution >= 4 is 5.69 Å². The summed E-state index contributed by atoms with van der Waals surface area (Å²) >= 11 is 0. The number of hydrogen-bond donors (Lipinski definition) is 2. The van der Waals surface area contributed by atoms with Crippen LogP contribution in [0.5, 0.6) is 11.5 Å². The third-order valence-corrected chi connectivity index (χ3v) is 3.42. The van der Waals surface area contributed by atoms with E-state index in [1.54, 1.807) is 13.2 Å². The Morgan fingerprint density at radius 1 is 1.08 bits per heavy atom. The number of nitrogens with one attached hydrogen (secondary N) is 2. The van der Waals surface area contributed by atoms with E-state index >= 15 is 0 Å². The van der Waals surface area contributed by atoms with Crippen LogP contribution in [-0.2, 0) is 13.0 Å². The van der Waals surface area contributed by atoms with Gasteiger partial charge in [-0.1, -0.05) is 43.0 Å². The number of anilines is 1. The number of benzene rings is 2. The maximum atomic E-state index is 5.76. The van der Waals surface area contributed by atoms with Crippen molar-refractivity contribution < 1.29 is 9.47 Å². The second kappa shape index (κ2) is 9.43. The average Bonchev–Trinajstić information content (AvgIpc) is 2.61. The summed E-state index contributed by atoms with van der Waals surface area (Å²) in [6.07, 6.45) is 4.29. The zero-order valence-electron chi connectivity index (χ0n) is 14.0. The molecule has 126 valence electrons. The maximum Gasteiger partial charge on any atom is 0.165 e. The van der Waals surface area contributed by atoms with Gasteiger partial charge in [-0.05, 0) is 30.2 Å². The smallest absolute Gasteiger partial charge is 0.165 e. The van der Waals surface area contributed by atoms with Crippen molar-refractivity contribution in [1.29, 1.82) is 0 Å². The molecule has 0 amide bonds. The van der Waals surface area contributed by atoms with Gasteiger partial charge >= 0.3 is 0 Å². The third kappa shape index (κ3) is 4.89. The molecule has 0 aromatic heterocycles. The highest BCUT2D eigenvalue weighted by Crippen LogP contribution is 2.33. The van der Waals surface area contributed by atoms with Crippen molar-refractivity contribution in [1.82, 2.24) is 5.43 Å². The molecule has 0 radical (unpaired) electrons. The normalized spacial score (nSPS) is 10.0. The lowest BCUT2D eigenvalue weighted by molar-refractivity contribution is 0.323. The Hall–Kier alpha value is -2.72. The summed E-state index contributed by atoms with van der Waals surface area (Å²) in [7, 11) is 1.65. The summed E-state index contributed by atoms with van der Waals surface area (Å²) < 4.78 is 11.3. The highest BCUT2D eigenvalue weighted by molar-refractivity contribution is 5.50. The molecule has 2 aromatic carbocycles. The van der Waals surface area contributed by atoms with Crippen LogP contribution in [0.3, 0.4) is 0 Å². The summed E-state index contributed by atoms with van der Waals surface area (Å²) in [5.41, 5.74) is 9.54. The molecule has 0 saturated carbocycles. The molecule has 0 heterocycles. The molecule has 0 unspecified atom stereocenters. The first-order valence-electron chi connectivity index (χ1n) is 7.86. The van der Waals surface area contributed by atoms with Crippen molar-refractivity contribution in [2.45, 2.75) is 13.0 Å². The van der Waals surface area contributed by atoms with Crippen LogP contribution >= 0.6 is 0 Å². The Labute approximate surface area is 143 Å². The Bertz CT molecular complexity index is 669. The highest BCUT2D eigenvalue weighted by atomic mass is 16.5. The maximum absolute atomic E-state index is 5.76. The fourth-order valence-electron chi connectivity index (χ4n) is 2.36. The van der Waals surface area contributed by atoms with Crippen LogP contribution in [0, 0.1) is 0 Å². The van der Waals surface area contributed by atoms with Gasteiger partial charge in [-0.25, -0.2) is 5.43 Å². The number of hydrogen-bond acceptors (Lipinski definition) is 4. The molecule has 2 aromatic rings. The zero-order valence-corrected chi connectivity index (χ0v) is 14.0. The third-order valence-electron chi connectivity index (χ3n) is 3.42. The lowest BCUT2D eigenvalue weighted by Gasteiger charge is -2.16. The largest absolute Gasteiger partial charge is 0.493 e. The molecule has 4 heteroatoms.